The molecule has 4 aromatic carbocycles. The van der Waals surface area contributed by atoms with Gasteiger partial charge in [0.25, 0.3) is 0 Å². The maximum Gasteiger partial charge on any atom is 0.337 e. The van der Waals surface area contributed by atoms with E-state index in [4.69, 9.17) is 9.47 Å². The number of nitrogens with zero attached hydrogens (tertiary/aromatic N) is 2. The number of methoxy groups -OCH3 is 1. The van der Waals surface area contributed by atoms with Crippen LogP contribution in [0.1, 0.15) is 37.4 Å². The van der Waals surface area contributed by atoms with Gasteiger partial charge in [0.2, 0.25) is 5.91 Å². The van der Waals surface area contributed by atoms with Crippen LogP contribution in [0.4, 0.5) is 0 Å². The van der Waals surface area contributed by atoms with Crippen LogP contribution < -0.4 is 4.74 Å². The zero-order chi connectivity index (χ0) is 29.5. The monoisotopic (exact) mass is 560 g/mol. The van der Waals surface area contributed by atoms with E-state index in [1.807, 2.05) is 78.9 Å². The van der Waals surface area contributed by atoms with E-state index in [2.05, 4.69) is 0 Å². The van der Waals surface area contributed by atoms with E-state index in [1.54, 1.807) is 40.9 Å². The van der Waals surface area contributed by atoms with Gasteiger partial charge < -0.3 is 18.9 Å². The summed E-state index contributed by atoms with van der Waals surface area (Å²) < 4.78 is 12.7. The number of carbonyl (C=O) groups excluding carboxylic acids is 3. The van der Waals surface area contributed by atoms with Gasteiger partial charge in [0, 0.05) is 41.8 Å². The Morgan fingerprint density at radius 2 is 1.48 bits per heavy atom. The number of likely N-dealkylation sites (N-methyl/N-ethyl adjacent to an activating group) is 1. The molecule has 1 heterocycles. The van der Waals surface area contributed by atoms with E-state index >= 15 is 0 Å². The summed E-state index contributed by atoms with van der Waals surface area (Å²) >= 11 is 0. The van der Waals surface area contributed by atoms with Gasteiger partial charge in [-0.15, -0.1) is 0 Å². The predicted octanol–water partition coefficient (Wildman–Crippen LogP) is 5.94. The highest BCUT2D eigenvalue weighted by Crippen LogP contribution is 2.29. The first-order valence-electron chi connectivity index (χ1n) is 13.7. The zero-order valence-electron chi connectivity index (χ0n) is 23.7. The highest BCUT2D eigenvalue weighted by atomic mass is 16.5. The topological polar surface area (TPSA) is 77.8 Å². The molecule has 0 aliphatic carbocycles. The third kappa shape index (κ3) is 6.58. The second-order valence-corrected chi connectivity index (χ2v) is 10.1. The fourth-order valence-electron chi connectivity index (χ4n) is 4.81. The predicted molar refractivity (Wildman–Crippen MR) is 162 cm³/mol. The van der Waals surface area contributed by atoms with Crippen LogP contribution in [0.2, 0.25) is 0 Å². The third-order valence-corrected chi connectivity index (χ3v) is 7.20. The van der Waals surface area contributed by atoms with Crippen LogP contribution in [0.3, 0.4) is 0 Å². The Morgan fingerprint density at radius 1 is 0.786 bits per heavy atom. The third-order valence-electron chi connectivity index (χ3n) is 7.20. The van der Waals surface area contributed by atoms with E-state index < -0.39 is 5.97 Å². The van der Waals surface area contributed by atoms with Gasteiger partial charge in [-0.05, 0) is 47.9 Å². The highest BCUT2D eigenvalue weighted by Gasteiger charge is 2.21. The summed E-state index contributed by atoms with van der Waals surface area (Å²) in [6.07, 6.45) is 2.46. The SMILES string of the molecule is COC(=O)c1cccc(C(=O)c2cn(CC(=O)N(C)CCc3ccccc3)c3ccc(OCc4ccccc4)cc23)c1. The lowest BCUT2D eigenvalue weighted by atomic mass is 10.0. The molecule has 0 bridgehead atoms. The van der Waals surface area contributed by atoms with Gasteiger partial charge in [0.15, 0.2) is 5.78 Å². The molecule has 0 fully saturated rings. The summed E-state index contributed by atoms with van der Waals surface area (Å²) in [4.78, 5) is 40.9. The lowest BCUT2D eigenvalue weighted by Crippen LogP contribution is -2.31. The molecule has 0 unspecified atom stereocenters. The molecule has 0 aliphatic heterocycles. The van der Waals surface area contributed by atoms with Crippen molar-refractivity contribution in [3.8, 4) is 5.75 Å². The molecule has 1 aromatic heterocycles. The Kier molecular flexibility index (Phi) is 8.78. The number of esters is 1. The molecule has 0 N–H and O–H groups in total. The van der Waals surface area contributed by atoms with Gasteiger partial charge >= 0.3 is 5.97 Å². The molecule has 0 saturated heterocycles. The molecular weight excluding hydrogens is 528 g/mol. The number of ketones is 1. The lowest BCUT2D eigenvalue weighted by molar-refractivity contribution is -0.130. The van der Waals surface area contributed by atoms with E-state index in [1.165, 1.54) is 13.2 Å². The molecule has 7 nitrogen and oxygen atoms in total. The zero-order valence-corrected chi connectivity index (χ0v) is 23.7. The quantitative estimate of drug-likeness (QED) is 0.148. The number of fused-ring (bicyclic) bond motifs is 1. The number of amides is 1. The van der Waals surface area contributed by atoms with Crippen molar-refractivity contribution in [1.29, 1.82) is 0 Å². The minimum absolute atomic E-state index is 0.0704. The molecule has 1 amide bonds. The molecule has 0 spiro atoms. The highest BCUT2D eigenvalue weighted by molar-refractivity contribution is 6.17. The van der Waals surface area contributed by atoms with Crippen LogP contribution in [0.25, 0.3) is 10.9 Å². The van der Waals surface area contributed by atoms with Crippen LogP contribution in [-0.4, -0.2) is 47.8 Å². The van der Waals surface area contributed by atoms with E-state index in [0.717, 1.165) is 23.1 Å². The Labute approximate surface area is 244 Å². The number of rotatable bonds is 11. The molecular formula is C35H32N2O5. The van der Waals surface area contributed by atoms with Crippen molar-refractivity contribution in [1.82, 2.24) is 9.47 Å². The molecule has 0 saturated carbocycles. The maximum absolute atomic E-state index is 13.8. The molecule has 5 aromatic rings. The largest absolute Gasteiger partial charge is 0.489 e. The van der Waals surface area contributed by atoms with Gasteiger partial charge in [-0.25, -0.2) is 4.79 Å². The average Bonchev–Trinajstić information content (AvgIpc) is 3.40. The molecule has 42 heavy (non-hydrogen) atoms. The summed E-state index contributed by atoms with van der Waals surface area (Å²) in [6.45, 7) is 1.02. The molecule has 5 rings (SSSR count). The molecule has 212 valence electrons. The molecule has 7 heteroatoms. The summed E-state index contributed by atoms with van der Waals surface area (Å²) in [5.74, 6) is -0.255. The molecule has 0 aliphatic rings. The summed E-state index contributed by atoms with van der Waals surface area (Å²) in [5.41, 5.74) is 3.97. The number of hydrogen-bond acceptors (Lipinski definition) is 5. The fourth-order valence-corrected chi connectivity index (χ4v) is 4.81. The number of hydrogen-bond donors (Lipinski definition) is 0. The van der Waals surface area contributed by atoms with Crippen molar-refractivity contribution in [3.05, 3.63) is 137 Å². The maximum atomic E-state index is 13.8. The van der Waals surface area contributed by atoms with Crippen molar-refractivity contribution in [2.75, 3.05) is 20.7 Å². The van der Waals surface area contributed by atoms with Crippen molar-refractivity contribution < 1.29 is 23.9 Å². The van der Waals surface area contributed by atoms with Crippen LogP contribution in [0, 0.1) is 0 Å². The number of benzene rings is 4. The fraction of sp³-hybridized carbons (Fsp3) is 0.171. The Hall–Kier alpha value is -5.17. The van der Waals surface area contributed by atoms with Gasteiger partial charge in [-0.2, -0.15) is 0 Å². The van der Waals surface area contributed by atoms with Gasteiger partial charge in [0.1, 0.15) is 18.9 Å². The second-order valence-electron chi connectivity index (χ2n) is 10.1. The molecule has 0 radical (unpaired) electrons. The van der Waals surface area contributed by atoms with Gasteiger partial charge in [-0.1, -0.05) is 72.8 Å². The average molecular weight is 561 g/mol. The number of carbonyl (C=O) groups is 3. The van der Waals surface area contributed by atoms with Crippen molar-refractivity contribution in [2.45, 2.75) is 19.6 Å². The minimum Gasteiger partial charge on any atom is -0.489 e. The Bertz CT molecular complexity index is 1710. The minimum atomic E-state index is -0.521. The van der Waals surface area contributed by atoms with E-state index in [-0.39, 0.29) is 23.8 Å². The number of aromatic nitrogens is 1. The summed E-state index contributed by atoms with van der Waals surface area (Å²) in [7, 11) is 3.09. The van der Waals surface area contributed by atoms with E-state index in [9.17, 15) is 14.4 Å². The van der Waals surface area contributed by atoms with Gasteiger partial charge in [0.05, 0.1) is 12.7 Å². The standard InChI is InChI=1S/C35H32N2O5/c1-36(19-18-25-10-5-3-6-11-25)33(38)23-37-22-31(34(39)27-14-9-15-28(20-27)35(40)41-2)30-21-29(16-17-32(30)37)42-24-26-12-7-4-8-13-26/h3-17,20-22H,18-19,23-24H2,1-2H3. The molecule has 0 atom stereocenters. The smallest absolute Gasteiger partial charge is 0.337 e. The van der Waals surface area contributed by atoms with Crippen molar-refractivity contribution in [3.63, 3.8) is 0 Å². The number of ether oxygens (including phenoxy) is 2. The Balaban J connectivity index is 1.44. The normalized spacial score (nSPS) is 10.8. The second kappa shape index (κ2) is 13.0. The van der Waals surface area contributed by atoms with E-state index in [0.29, 0.717) is 35.4 Å². The van der Waals surface area contributed by atoms with Crippen molar-refractivity contribution >= 4 is 28.6 Å². The first kappa shape index (κ1) is 28.4. The first-order chi connectivity index (χ1) is 20.4. The van der Waals surface area contributed by atoms with Gasteiger partial charge in [-0.3, -0.25) is 9.59 Å². The Morgan fingerprint density at radius 3 is 2.19 bits per heavy atom. The van der Waals surface area contributed by atoms with Crippen LogP contribution in [0.5, 0.6) is 5.75 Å². The van der Waals surface area contributed by atoms with Crippen molar-refractivity contribution in [2.24, 2.45) is 0 Å². The summed E-state index contributed by atoms with van der Waals surface area (Å²) in [5, 5.41) is 0.661. The first-order valence-corrected chi connectivity index (χ1v) is 13.7. The summed E-state index contributed by atoms with van der Waals surface area (Å²) in [6, 6.07) is 31.8. The van der Waals surface area contributed by atoms with Crippen LogP contribution in [-0.2, 0) is 29.1 Å². The lowest BCUT2D eigenvalue weighted by Gasteiger charge is -2.18. The van der Waals surface area contributed by atoms with Crippen LogP contribution in [0.15, 0.2) is 109 Å². The van der Waals surface area contributed by atoms with Crippen LogP contribution >= 0.6 is 0 Å².